The zero-order chi connectivity index (χ0) is 16.7. The first kappa shape index (κ1) is 17.0. The Labute approximate surface area is 145 Å². The van der Waals surface area contributed by atoms with Gasteiger partial charge in [-0.1, -0.05) is 28.9 Å². The van der Waals surface area contributed by atoms with Gasteiger partial charge in [0.25, 0.3) is 5.91 Å². The Hall–Kier alpha value is -2.38. The molecule has 2 rings (SSSR count). The van der Waals surface area contributed by atoms with Gasteiger partial charge in [-0.05, 0) is 52.3 Å². The summed E-state index contributed by atoms with van der Waals surface area (Å²) in [5.74, 6) is -0.531. The lowest BCUT2D eigenvalue weighted by Gasteiger charge is -2.04. The molecule has 0 radical (unpaired) electrons. The van der Waals surface area contributed by atoms with Crippen LogP contribution < -0.4 is 10.6 Å². The summed E-state index contributed by atoms with van der Waals surface area (Å²) in [5.41, 5.74) is 1.07. The molecule has 0 aliphatic heterocycles. The molecule has 8 heteroatoms. The van der Waals surface area contributed by atoms with Gasteiger partial charge in [0, 0.05) is 15.2 Å². The molecule has 6 nitrogen and oxygen atoms in total. The molecule has 2 amide bonds. The third kappa shape index (κ3) is 5.72. The monoisotopic (exact) mass is 395 g/mol. The molecule has 23 heavy (non-hydrogen) atoms. The molecule has 0 aromatic heterocycles. The predicted molar refractivity (Wildman–Crippen MR) is 92.8 cm³/mol. The van der Waals surface area contributed by atoms with Gasteiger partial charge >= 0.3 is 6.09 Å². The Morgan fingerprint density at radius 1 is 1.09 bits per heavy atom. The van der Waals surface area contributed by atoms with E-state index >= 15 is 0 Å². The van der Waals surface area contributed by atoms with E-state index in [1.165, 1.54) is 0 Å². The van der Waals surface area contributed by atoms with E-state index in [-0.39, 0.29) is 0 Å². The van der Waals surface area contributed by atoms with Gasteiger partial charge in [0.1, 0.15) is 6.21 Å². The molecule has 0 bridgehead atoms. The topological polar surface area (TPSA) is 79.8 Å². The molecule has 0 fully saturated rings. The maximum atomic E-state index is 11.6. The second-order valence-corrected chi connectivity index (χ2v) is 5.51. The number of halogens is 2. The Kier molecular flexibility index (Phi) is 6.13. The number of hydrogen-bond donors (Lipinski definition) is 2. The summed E-state index contributed by atoms with van der Waals surface area (Å²) in [7, 11) is 0. The van der Waals surface area contributed by atoms with Gasteiger partial charge in [0.2, 0.25) is 0 Å². The number of rotatable bonds is 4. The minimum atomic E-state index is -0.822. The highest BCUT2D eigenvalue weighted by Crippen LogP contribution is 2.20. The SMILES string of the molecule is O=C(C=NOC(=O)Nc1ccc(Cl)cc1)Nc1ccccc1Br. The van der Waals surface area contributed by atoms with Crippen LogP contribution in [0.1, 0.15) is 0 Å². The Morgan fingerprint density at radius 3 is 2.48 bits per heavy atom. The van der Waals surface area contributed by atoms with Crippen molar-refractivity contribution in [2.45, 2.75) is 0 Å². The second-order valence-electron chi connectivity index (χ2n) is 4.21. The lowest BCUT2D eigenvalue weighted by Crippen LogP contribution is -2.15. The molecular weight excluding hydrogens is 386 g/mol. The highest BCUT2D eigenvalue weighted by Gasteiger charge is 2.04. The molecule has 2 aromatic rings. The number of hydrogen-bond acceptors (Lipinski definition) is 4. The van der Waals surface area contributed by atoms with Crippen molar-refractivity contribution in [1.29, 1.82) is 0 Å². The summed E-state index contributed by atoms with van der Waals surface area (Å²) in [6.45, 7) is 0. The first-order valence-electron chi connectivity index (χ1n) is 6.37. The van der Waals surface area contributed by atoms with Crippen molar-refractivity contribution in [3.05, 3.63) is 58.0 Å². The number of nitrogens with zero attached hydrogens (tertiary/aromatic N) is 1. The van der Waals surface area contributed by atoms with Crippen LogP contribution in [0, 0.1) is 0 Å². The van der Waals surface area contributed by atoms with Crippen LogP contribution in [0.5, 0.6) is 0 Å². The van der Waals surface area contributed by atoms with E-state index in [0.717, 1.165) is 10.7 Å². The van der Waals surface area contributed by atoms with Crippen LogP contribution in [-0.2, 0) is 9.63 Å². The van der Waals surface area contributed by atoms with Gasteiger partial charge in [-0.15, -0.1) is 0 Å². The average molecular weight is 397 g/mol. The van der Waals surface area contributed by atoms with E-state index in [4.69, 9.17) is 11.6 Å². The molecule has 118 valence electrons. The first-order chi connectivity index (χ1) is 11.0. The van der Waals surface area contributed by atoms with Crippen LogP contribution in [-0.4, -0.2) is 18.2 Å². The van der Waals surface area contributed by atoms with Gasteiger partial charge in [-0.25, -0.2) is 4.79 Å². The highest BCUT2D eigenvalue weighted by molar-refractivity contribution is 9.10. The predicted octanol–water partition coefficient (Wildman–Crippen LogP) is 4.28. The molecule has 0 saturated heterocycles. The Morgan fingerprint density at radius 2 is 1.78 bits per heavy atom. The maximum absolute atomic E-state index is 11.6. The largest absolute Gasteiger partial charge is 0.437 e. The third-order valence-electron chi connectivity index (χ3n) is 2.53. The molecule has 0 heterocycles. The fraction of sp³-hybridized carbons (Fsp3) is 0. The smallest absolute Gasteiger partial charge is 0.320 e. The maximum Gasteiger partial charge on any atom is 0.437 e. The van der Waals surface area contributed by atoms with Gasteiger partial charge < -0.3 is 5.32 Å². The standard InChI is InChI=1S/C15H11BrClN3O3/c16-12-3-1-2-4-13(12)20-14(21)9-18-23-15(22)19-11-7-5-10(17)6-8-11/h1-9H,(H,19,22)(H,20,21). The number of benzene rings is 2. The lowest BCUT2D eigenvalue weighted by atomic mass is 10.3. The number of oxime groups is 1. The molecule has 0 aliphatic carbocycles. The van der Waals surface area contributed by atoms with Crippen LogP contribution in [0.3, 0.4) is 0 Å². The van der Waals surface area contributed by atoms with Crippen molar-refractivity contribution in [3.63, 3.8) is 0 Å². The van der Waals surface area contributed by atoms with Crippen molar-refractivity contribution < 1.29 is 14.4 Å². The van der Waals surface area contributed by atoms with E-state index in [0.29, 0.717) is 16.4 Å². The van der Waals surface area contributed by atoms with Crippen LogP contribution in [0.15, 0.2) is 58.2 Å². The summed E-state index contributed by atoms with van der Waals surface area (Å²) < 4.78 is 0.725. The zero-order valence-corrected chi connectivity index (χ0v) is 14.0. The molecule has 0 atom stereocenters. The van der Waals surface area contributed by atoms with Crippen molar-refractivity contribution in [2.24, 2.45) is 5.16 Å². The molecule has 0 saturated carbocycles. The zero-order valence-electron chi connectivity index (χ0n) is 11.6. The van der Waals surface area contributed by atoms with Crippen molar-refractivity contribution in [1.82, 2.24) is 0 Å². The van der Waals surface area contributed by atoms with Gasteiger partial charge in [0.15, 0.2) is 0 Å². The first-order valence-corrected chi connectivity index (χ1v) is 7.54. The van der Waals surface area contributed by atoms with Gasteiger partial charge in [0.05, 0.1) is 5.69 Å². The second kappa shape index (κ2) is 8.30. The van der Waals surface area contributed by atoms with Crippen LogP contribution in [0.2, 0.25) is 5.02 Å². The lowest BCUT2D eigenvalue weighted by molar-refractivity contribution is -0.110. The molecule has 2 aromatic carbocycles. The molecule has 0 spiro atoms. The number of anilines is 2. The third-order valence-corrected chi connectivity index (χ3v) is 3.47. The number of carbonyl (C=O) groups is 2. The van der Waals surface area contributed by atoms with E-state index in [2.05, 4.69) is 36.6 Å². The normalized spacial score (nSPS) is 10.3. The Bertz CT molecular complexity index is 735. The van der Waals surface area contributed by atoms with E-state index < -0.39 is 12.0 Å². The quantitative estimate of drug-likeness (QED) is 0.460. The molecule has 0 unspecified atom stereocenters. The summed E-state index contributed by atoms with van der Waals surface area (Å²) in [5, 5.41) is 8.87. The van der Waals surface area contributed by atoms with Crippen LogP contribution >= 0.6 is 27.5 Å². The van der Waals surface area contributed by atoms with Crippen molar-refractivity contribution >= 4 is 57.1 Å². The highest BCUT2D eigenvalue weighted by atomic mass is 79.9. The van der Waals surface area contributed by atoms with E-state index in [9.17, 15) is 9.59 Å². The van der Waals surface area contributed by atoms with Crippen molar-refractivity contribution in [3.8, 4) is 0 Å². The minimum absolute atomic E-state index is 0.493. The summed E-state index contributed by atoms with van der Waals surface area (Å²) >= 11 is 9.02. The fourth-order valence-corrected chi connectivity index (χ4v) is 2.03. The number of carbonyl (C=O) groups excluding carboxylic acids is 2. The van der Waals surface area contributed by atoms with E-state index in [1.807, 2.05) is 6.07 Å². The molecular formula is C15H11BrClN3O3. The molecule has 0 aliphatic rings. The number of amides is 2. The molecule has 2 N–H and O–H groups in total. The van der Waals surface area contributed by atoms with Crippen molar-refractivity contribution in [2.75, 3.05) is 10.6 Å². The van der Waals surface area contributed by atoms with Gasteiger partial charge in [-0.2, -0.15) is 0 Å². The van der Waals surface area contributed by atoms with E-state index in [1.54, 1.807) is 42.5 Å². The summed E-state index contributed by atoms with van der Waals surface area (Å²) in [6.07, 6.45) is 0.0400. The van der Waals surface area contributed by atoms with Crippen LogP contribution in [0.4, 0.5) is 16.2 Å². The number of para-hydroxylation sites is 1. The minimum Gasteiger partial charge on any atom is -0.320 e. The Balaban J connectivity index is 1.81. The average Bonchev–Trinajstić information content (AvgIpc) is 2.52. The van der Waals surface area contributed by atoms with Gasteiger partial charge in [-0.3, -0.25) is 14.9 Å². The number of nitrogens with one attached hydrogen (secondary N) is 2. The summed E-state index contributed by atoms with van der Waals surface area (Å²) in [6, 6.07) is 13.5. The summed E-state index contributed by atoms with van der Waals surface area (Å²) in [4.78, 5) is 27.6. The van der Waals surface area contributed by atoms with Crippen LogP contribution in [0.25, 0.3) is 0 Å². The fourth-order valence-electron chi connectivity index (χ4n) is 1.52.